The van der Waals surface area contributed by atoms with Gasteiger partial charge in [-0.15, -0.1) is 0 Å². The molecule has 0 aliphatic carbocycles. The molecule has 0 fully saturated rings. The molecule has 4 nitrogen and oxygen atoms in total. The van der Waals surface area contributed by atoms with Gasteiger partial charge in [0.1, 0.15) is 7.85 Å². The van der Waals surface area contributed by atoms with Crippen molar-refractivity contribution in [3.63, 3.8) is 0 Å². The summed E-state index contributed by atoms with van der Waals surface area (Å²) in [5.41, 5.74) is 2.94. The maximum atomic E-state index is 11.2. The molecule has 0 saturated heterocycles. The van der Waals surface area contributed by atoms with E-state index in [0.717, 1.165) is 11.0 Å². The predicted octanol–water partition coefficient (Wildman–Crippen LogP) is -0.325. The summed E-state index contributed by atoms with van der Waals surface area (Å²) < 4.78 is 4.60. The van der Waals surface area contributed by atoms with Crippen molar-refractivity contribution in [2.24, 2.45) is 0 Å². The highest BCUT2D eigenvalue weighted by Crippen LogP contribution is 2.09. The number of carbonyl (C=O) groups is 1. The first-order chi connectivity index (χ1) is 7.20. The highest BCUT2D eigenvalue weighted by Gasteiger charge is 2.07. The van der Waals surface area contributed by atoms with Gasteiger partial charge in [-0.3, -0.25) is 9.97 Å². The maximum Gasteiger partial charge on any atom is 0.339 e. The van der Waals surface area contributed by atoms with Gasteiger partial charge in [0.2, 0.25) is 0 Å². The number of esters is 1. The van der Waals surface area contributed by atoms with Crippen LogP contribution in [0.15, 0.2) is 24.5 Å². The zero-order chi connectivity index (χ0) is 10.8. The Hall–Kier alpha value is -1.91. The molecule has 2 aromatic heterocycles. The predicted molar refractivity (Wildman–Crippen MR) is 59.1 cm³/mol. The van der Waals surface area contributed by atoms with E-state index in [9.17, 15) is 4.79 Å². The number of hydrogen-bond donors (Lipinski definition) is 0. The van der Waals surface area contributed by atoms with Gasteiger partial charge in [-0.05, 0) is 12.1 Å². The molecule has 2 heterocycles. The quantitative estimate of drug-likeness (QED) is 0.467. The molecule has 0 atom stereocenters. The van der Waals surface area contributed by atoms with Crippen LogP contribution < -0.4 is 5.46 Å². The fourth-order valence-electron chi connectivity index (χ4n) is 1.33. The molecule has 0 bridgehead atoms. The number of fused-ring (bicyclic) bond motifs is 1. The standard InChI is InChI=1S/C10H9BN2O2/c1-15-10(14)6-2-8-9(12-4-6)3-7(11)5-13-8/h2-5H,11H2,1H3. The van der Waals surface area contributed by atoms with Crippen LogP contribution in [-0.2, 0) is 4.74 Å². The average molecular weight is 200 g/mol. The molecule has 0 unspecified atom stereocenters. The molecule has 5 heteroatoms. The average Bonchev–Trinajstić information content (AvgIpc) is 2.27. The van der Waals surface area contributed by atoms with Crippen molar-refractivity contribution in [2.45, 2.75) is 0 Å². The van der Waals surface area contributed by atoms with Crippen LogP contribution in [0.4, 0.5) is 0 Å². The summed E-state index contributed by atoms with van der Waals surface area (Å²) in [5.74, 6) is -0.397. The van der Waals surface area contributed by atoms with Gasteiger partial charge < -0.3 is 4.74 Å². The lowest BCUT2D eigenvalue weighted by Crippen LogP contribution is -2.05. The molecule has 0 N–H and O–H groups in total. The van der Waals surface area contributed by atoms with Gasteiger partial charge in [-0.2, -0.15) is 0 Å². The Kier molecular flexibility index (Phi) is 2.37. The van der Waals surface area contributed by atoms with Crippen molar-refractivity contribution in [1.29, 1.82) is 0 Å². The molecule has 0 aliphatic heterocycles. The molecule has 2 rings (SSSR count). The zero-order valence-electron chi connectivity index (χ0n) is 8.52. The van der Waals surface area contributed by atoms with Gasteiger partial charge in [0, 0.05) is 12.4 Å². The molecule has 2 aromatic rings. The van der Waals surface area contributed by atoms with E-state index in [1.54, 1.807) is 12.3 Å². The smallest absolute Gasteiger partial charge is 0.339 e. The summed E-state index contributed by atoms with van der Waals surface area (Å²) in [6.45, 7) is 0. The number of pyridine rings is 2. The normalized spacial score (nSPS) is 10.2. The van der Waals surface area contributed by atoms with E-state index >= 15 is 0 Å². The first kappa shape index (κ1) is 9.64. The van der Waals surface area contributed by atoms with Crippen LogP contribution in [0.2, 0.25) is 0 Å². The second-order valence-electron chi connectivity index (χ2n) is 3.27. The van der Waals surface area contributed by atoms with Gasteiger partial charge in [0.05, 0.1) is 23.7 Å². The van der Waals surface area contributed by atoms with E-state index in [-0.39, 0.29) is 0 Å². The number of methoxy groups -OCH3 is 1. The molecular weight excluding hydrogens is 191 g/mol. The van der Waals surface area contributed by atoms with E-state index in [4.69, 9.17) is 0 Å². The number of ether oxygens (including phenoxy) is 1. The minimum Gasteiger partial charge on any atom is -0.465 e. The Bertz CT molecular complexity index is 528. The highest BCUT2D eigenvalue weighted by molar-refractivity contribution is 6.32. The maximum absolute atomic E-state index is 11.2. The van der Waals surface area contributed by atoms with Crippen LogP contribution in [0.25, 0.3) is 11.0 Å². The number of carbonyl (C=O) groups excluding carboxylic acids is 1. The fraction of sp³-hybridized carbons (Fsp3) is 0.100. The van der Waals surface area contributed by atoms with Crippen LogP contribution >= 0.6 is 0 Å². The largest absolute Gasteiger partial charge is 0.465 e. The van der Waals surface area contributed by atoms with Crippen molar-refractivity contribution in [3.05, 3.63) is 30.1 Å². The molecule has 0 aliphatic rings. The summed E-state index contributed by atoms with van der Waals surface area (Å²) in [6, 6.07) is 3.59. The van der Waals surface area contributed by atoms with Crippen LogP contribution in [0.5, 0.6) is 0 Å². The minimum absolute atomic E-state index is 0.397. The van der Waals surface area contributed by atoms with Gasteiger partial charge in [0.15, 0.2) is 0 Å². The van der Waals surface area contributed by atoms with Crippen LogP contribution in [0, 0.1) is 0 Å². The molecule has 74 valence electrons. The van der Waals surface area contributed by atoms with E-state index < -0.39 is 5.97 Å². The summed E-state index contributed by atoms with van der Waals surface area (Å²) in [5, 5.41) is 0. The SMILES string of the molecule is Bc1cnc2cc(C(=O)OC)cnc2c1. The van der Waals surface area contributed by atoms with Crippen molar-refractivity contribution in [1.82, 2.24) is 9.97 Å². The minimum atomic E-state index is -0.397. The molecule has 15 heavy (non-hydrogen) atoms. The Morgan fingerprint density at radius 1 is 1.27 bits per heavy atom. The Labute approximate surface area is 87.7 Å². The van der Waals surface area contributed by atoms with E-state index in [1.165, 1.54) is 13.3 Å². The highest BCUT2D eigenvalue weighted by atomic mass is 16.5. The van der Waals surface area contributed by atoms with Crippen LogP contribution in [0.3, 0.4) is 0 Å². The van der Waals surface area contributed by atoms with Crippen molar-refractivity contribution >= 4 is 30.3 Å². The zero-order valence-corrected chi connectivity index (χ0v) is 8.52. The molecule has 0 radical (unpaired) electrons. The van der Waals surface area contributed by atoms with Crippen LogP contribution in [0.1, 0.15) is 10.4 Å². The van der Waals surface area contributed by atoms with Gasteiger partial charge in [0.25, 0.3) is 0 Å². The summed E-state index contributed by atoms with van der Waals surface area (Å²) >= 11 is 0. The summed E-state index contributed by atoms with van der Waals surface area (Å²) in [4.78, 5) is 19.6. The Morgan fingerprint density at radius 2 is 1.93 bits per heavy atom. The van der Waals surface area contributed by atoms with Crippen LogP contribution in [-0.4, -0.2) is 30.9 Å². The van der Waals surface area contributed by atoms with Crippen molar-refractivity contribution < 1.29 is 9.53 Å². The van der Waals surface area contributed by atoms with E-state index in [0.29, 0.717) is 11.1 Å². The molecule has 0 aromatic carbocycles. The third kappa shape index (κ3) is 1.81. The molecule has 0 amide bonds. The second kappa shape index (κ2) is 3.69. The lowest BCUT2D eigenvalue weighted by Gasteiger charge is -2.01. The first-order valence-corrected chi connectivity index (χ1v) is 4.51. The van der Waals surface area contributed by atoms with Gasteiger partial charge in [-0.25, -0.2) is 4.79 Å². The third-order valence-corrected chi connectivity index (χ3v) is 2.09. The van der Waals surface area contributed by atoms with E-state index in [2.05, 4.69) is 14.7 Å². The lowest BCUT2D eigenvalue weighted by molar-refractivity contribution is 0.0600. The van der Waals surface area contributed by atoms with Crippen molar-refractivity contribution in [3.8, 4) is 0 Å². The third-order valence-electron chi connectivity index (χ3n) is 2.09. The summed E-state index contributed by atoms with van der Waals surface area (Å²) in [7, 11) is 3.29. The number of nitrogens with zero attached hydrogens (tertiary/aromatic N) is 2. The van der Waals surface area contributed by atoms with Gasteiger partial charge in [-0.1, -0.05) is 5.46 Å². The number of aromatic nitrogens is 2. The van der Waals surface area contributed by atoms with E-state index in [1.807, 2.05) is 13.9 Å². The number of hydrogen-bond acceptors (Lipinski definition) is 4. The lowest BCUT2D eigenvalue weighted by atomic mass is 9.98. The molecule has 0 saturated carbocycles. The second-order valence-corrected chi connectivity index (χ2v) is 3.27. The Balaban J connectivity index is 2.57. The fourth-order valence-corrected chi connectivity index (χ4v) is 1.33. The summed E-state index contributed by atoms with van der Waals surface area (Å²) in [6.07, 6.45) is 3.24. The molecular formula is C10H9BN2O2. The molecule has 0 spiro atoms. The van der Waals surface area contributed by atoms with Crippen molar-refractivity contribution in [2.75, 3.05) is 7.11 Å². The monoisotopic (exact) mass is 200 g/mol. The van der Waals surface area contributed by atoms with Gasteiger partial charge >= 0.3 is 5.97 Å². The number of rotatable bonds is 1. The first-order valence-electron chi connectivity index (χ1n) is 4.51. The topological polar surface area (TPSA) is 52.1 Å². The Morgan fingerprint density at radius 3 is 2.67 bits per heavy atom.